The van der Waals surface area contributed by atoms with Crippen molar-refractivity contribution >= 4 is 29.9 Å². The molecule has 0 aromatic carbocycles. The Labute approximate surface area is 181 Å². The Morgan fingerprint density at radius 3 is 2.78 bits per heavy atom. The van der Waals surface area contributed by atoms with Crippen molar-refractivity contribution in [2.24, 2.45) is 4.99 Å². The lowest BCUT2D eigenvalue weighted by Crippen LogP contribution is -2.37. The normalized spacial score (nSPS) is 14.5. The van der Waals surface area contributed by atoms with Crippen LogP contribution in [-0.2, 0) is 17.8 Å². The van der Waals surface area contributed by atoms with E-state index in [2.05, 4.69) is 42.6 Å². The standard InChI is InChI=1S/C20H35N5O.HI/c1-5-21-20(22-12-11-18-9-7-6-8-10-18)23-15-19-16(2)24-25(17(19)3)13-14-26-4;/h9H,5-8,10-15H2,1-4H3,(H2,21,22,23);1H. The molecule has 1 aliphatic carbocycles. The SMILES string of the molecule is CCNC(=NCc1c(C)nn(CCOC)c1C)NCCC1=CCCCC1.I. The Morgan fingerprint density at radius 1 is 1.30 bits per heavy atom. The fourth-order valence-electron chi connectivity index (χ4n) is 3.33. The van der Waals surface area contributed by atoms with Gasteiger partial charge < -0.3 is 15.4 Å². The molecule has 1 aromatic heterocycles. The summed E-state index contributed by atoms with van der Waals surface area (Å²) in [7, 11) is 1.72. The molecule has 154 valence electrons. The third-order valence-electron chi connectivity index (χ3n) is 4.90. The molecule has 1 aromatic rings. The first-order chi connectivity index (χ1) is 12.7. The second-order valence-corrected chi connectivity index (χ2v) is 6.85. The first kappa shape index (κ1) is 23.9. The number of guanidine groups is 1. The molecule has 0 fully saturated rings. The average Bonchev–Trinajstić information content (AvgIpc) is 2.92. The maximum absolute atomic E-state index is 5.16. The summed E-state index contributed by atoms with van der Waals surface area (Å²) in [6.07, 6.45) is 8.71. The summed E-state index contributed by atoms with van der Waals surface area (Å²) in [6, 6.07) is 0. The zero-order chi connectivity index (χ0) is 18.8. The van der Waals surface area contributed by atoms with E-state index in [0.29, 0.717) is 13.2 Å². The molecule has 0 spiro atoms. The number of halogens is 1. The summed E-state index contributed by atoms with van der Waals surface area (Å²) in [4.78, 5) is 4.77. The highest BCUT2D eigenvalue weighted by Gasteiger charge is 2.11. The third kappa shape index (κ3) is 7.81. The zero-order valence-electron chi connectivity index (χ0n) is 17.3. The molecule has 0 saturated carbocycles. The van der Waals surface area contributed by atoms with Gasteiger partial charge in [-0.15, -0.1) is 24.0 Å². The van der Waals surface area contributed by atoms with Crippen LogP contribution in [0.4, 0.5) is 0 Å². The monoisotopic (exact) mass is 489 g/mol. The van der Waals surface area contributed by atoms with E-state index in [1.54, 1.807) is 12.7 Å². The van der Waals surface area contributed by atoms with E-state index in [1.165, 1.54) is 36.9 Å². The minimum atomic E-state index is 0. The molecule has 27 heavy (non-hydrogen) atoms. The topological polar surface area (TPSA) is 63.5 Å². The smallest absolute Gasteiger partial charge is 0.191 e. The average molecular weight is 489 g/mol. The second kappa shape index (κ2) is 13.1. The summed E-state index contributed by atoms with van der Waals surface area (Å²) in [5.41, 5.74) is 5.01. The van der Waals surface area contributed by atoms with E-state index in [-0.39, 0.29) is 24.0 Å². The Morgan fingerprint density at radius 2 is 2.11 bits per heavy atom. The van der Waals surface area contributed by atoms with Crippen LogP contribution in [0.1, 0.15) is 56.0 Å². The van der Waals surface area contributed by atoms with Gasteiger partial charge in [-0.2, -0.15) is 5.10 Å². The van der Waals surface area contributed by atoms with Gasteiger partial charge in [0.2, 0.25) is 0 Å². The molecule has 1 aliphatic rings. The van der Waals surface area contributed by atoms with Crippen LogP contribution in [0.25, 0.3) is 0 Å². The van der Waals surface area contributed by atoms with Gasteiger partial charge in [-0.05, 0) is 52.9 Å². The largest absolute Gasteiger partial charge is 0.383 e. The number of rotatable bonds is 9. The molecule has 0 saturated heterocycles. The number of nitrogens with one attached hydrogen (secondary N) is 2. The maximum Gasteiger partial charge on any atom is 0.191 e. The molecule has 0 aliphatic heterocycles. The van der Waals surface area contributed by atoms with Crippen LogP contribution in [-0.4, -0.2) is 42.5 Å². The number of aromatic nitrogens is 2. The van der Waals surface area contributed by atoms with Gasteiger partial charge in [-0.25, -0.2) is 4.99 Å². The van der Waals surface area contributed by atoms with Crippen LogP contribution in [0.2, 0.25) is 0 Å². The van der Waals surface area contributed by atoms with E-state index in [4.69, 9.17) is 9.73 Å². The molecular weight excluding hydrogens is 453 g/mol. The van der Waals surface area contributed by atoms with E-state index in [9.17, 15) is 0 Å². The van der Waals surface area contributed by atoms with Crippen molar-refractivity contribution in [3.8, 4) is 0 Å². The summed E-state index contributed by atoms with van der Waals surface area (Å²) < 4.78 is 7.17. The van der Waals surface area contributed by atoms with Gasteiger partial charge in [0.15, 0.2) is 5.96 Å². The number of aliphatic imine (C=N–C) groups is 1. The minimum Gasteiger partial charge on any atom is -0.383 e. The van der Waals surface area contributed by atoms with E-state index in [1.807, 2.05) is 4.68 Å². The third-order valence-corrected chi connectivity index (χ3v) is 4.90. The molecule has 0 radical (unpaired) electrons. The molecular formula is C20H36IN5O. The van der Waals surface area contributed by atoms with Crippen LogP contribution in [0.3, 0.4) is 0 Å². The quantitative estimate of drug-likeness (QED) is 0.240. The van der Waals surface area contributed by atoms with Crippen LogP contribution in [0.5, 0.6) is 0 Å². The molecule has 0 amide bonds. The van der Waals surface area contributed by atoms with Gasteiger partial charge in [0.1, 0.15) is 0 Å². The second-order valence-electron chi connectivity index (χ2n) is 6.85. The number of hydrogen-bond donors (Lipinski definition) is 2. The zero-order valence-corrected chi connectivity index (χ0v) is 19.6. The highest BCUT2D eigenvalue weighted by atomic mass is 127. The summed E-state index contributed by atoms with van der Waals surface area (Å²) in [5.74, 6) is 0.882. The molecule has 0 unspecified atom stereocenters. The van der Waals surface area contributed by atoms with Gasteiger partial charge in [-0.1, -0.05) is 11.6 Å². The summed E-state index contributed by atoms with van der Waals surface area (Å²) in [6.45, 7) is 10.1. The number of aryl methyl sites for hydroxylation is 1. The Hall–Kier alpha value is -1.09. The van der Waals surface area contributed by atoms with Crippen molar-refractivity contribution < 1.29 is 4.74 Å². The molecule has 0 bridgehead atoms. The molecule has 7 heteroatoms. The summed E-state index contributed by atoms with van der Waals surface area (Å²) >= 11 is 0. The molecule has 2 rings (SSSR count). The van der Waals surface area contributed by atoms with Crippen LogP contribution >= 0.6 is 24.0 Å². The van der Waals surface area contributed by atoms with Crippen molar-refractivity contribution in [1.29, 1.82) is 0 Å². The molecule has 1 heterocycles. The maximum atomic E-state index is 5.16. The Balaban J connectivity index is 0.00000364. The predicted molar refractivity (Wildman–Crippen MR) is 123 cm³/mol. The Kier molecular flexibility index (Phi) is 11.7. The minimum absolute atomic E-state index is 0. The fraction of sp³-hybridized carbons (Fsp3) is 0.700. The molecule has 6 nitrogen and oxygen atoms in total. The first-order valence-electron chi connectivity index (χ1n) is 9.87. The van der Waals surface area contributed by atoms with Crippen molar-refractivity contribution in [2.45, 2.75) is 66.0 Å². The van der Waals surface area contributed by atoms with Crippen LogP contribution < -0.4 is 10.6 Å². The highest BCUT2D eigenvalue weighted by Crippen LogP contribution is 2.19. The number of ether oxygens (including phenoxy) is 1. The summed E-state index contributed by atoms with van der Waals surface area (Å²) in [5, 5.41) is 11.4. The van der Waals surface area contributed by atoms with Crippen molar-refractivity contribution in [3.05, 3.63) is 28.6 Å². The number of hydrogen-bond acceptors (Lipinski definition) is 3. The highest BCUT2D eigenvalue weighted by molar-refractivity contribution is 14.0. The van der Waals surface area contributed by atoms with Gasteiger partial charge in [0, 0.05) is 31.5 Å². The lowest BCUT2D eigenvalue weighted by atomic mass is 9.97. The van der Waals surface area contributed by atoms with Crippen molar-refractivity contribution in [2.75, 3.05) is 26.8 Å². The van der Waals surface area contributed by atoms with Crippen LogP contribution in [0, 0.1) is 13.8 Å². The van der Waals surface area contributed by atoms with Gasteiger partial charge in [0.25, 0.3) is 0 Å². The molecule has 0 atom stereocenters. The van der Waals surface area contributed by atoms with Gasteiger partial charge in [0.05, 0.1) is 25.4 Å². The number of allylic oxidation sites excluding steroid dienone is 1. The van der Waals surface area contributed by atoms with E-state index < -0.39 is 0 Å². The predicted octanol–water partition coefficient (Wildman–Crippen LogP) is 3.71. The number of methoxy groups -OCH3 is 1. The molecule has 2 N–H and O–H groups in total. The fourth-order valence-corrected chi connectivity index (χ4v) is 3.33. The Bertz CT molecular complexity index is 624. The first-order valence-corrected chi connectivity index (χ1v) is 9.87. The van der Waals surface area contributed by atoms with Gasteiger partial charge >= 0.3 is 0 Å². The van der Waals surface area contributed by atoms with Crippen molar-refractivity contribution in [1.82, 2.24) is 20.4 Å². The lowest BCUT2D eigenvalue weighted by Gasteiger charge is -2.15. The number of nitrogens with zero attached hydrogens (tertiary/aromatic N) is 3. The van der Waals surface area contributed by atoms with Crippen LogP contribution in [0.15, 0.2) is 16.6 Å². The van der Waals surface area contributed by atoms with E-state index in [0.717, 1.165) is 37.7 Å². The van der Waals surface area contributed by atoms with Crippen molar-refractivity contribution in [3.63, 3.8) is 0 Å². The van der Waals surface area contributed by atoms with Gasteiger partial charge in [-0.3, -0.25) is 4.68 Å². The lowest BCUT2D eigenvalue weighted by molar-refractivity contribution is 0.182. The van der Waals surface area contributed by atoms with E-state index >= 15 is 0 Å².